The van der Waals surface area contributed by atoms with Crippen LogP contribution in [-0.2, 0) is 9.53 Å². The molecule has 2 heterocycles. The quantitative estimate of drug-likeness (QED) is 0.772. The average Bonchev–Trinajstić information content (AvgIpc) is 2.24. The molecular weight excluding hydrogens is 218 g/mol. The SMILES string of the molecule is COCCC(=O)N1CC(c2nccc(C)n2)C1. The second-order valence-corrected chi connectivity index (χ2v) is 4.29. The molecule has 1 fully saturated rings. The Bertz CT molecular complexity index is 402. The molecule has 1 aliphatic rings. The lowest BCUT2D eigenvalue weighted by molar-refractivity contribution is -0.136. The lowest BCUT2D eigenvalue weighted by Gasteiger charge is -2.38. The smallest absolute Gasteiger partial charge is 0.224 e. The van der Waals surface area contributed by atoms with E-state index < -0.39 is 0 Å². The average molecular weight is 235 g/mol. The van der Waals surface area contributed by atoms with Gasteiger partial charge in [-0.2, -0.15) is 0 Å². The molecule has 0 unspecified atom stereocenters. The van der Waals surface area contributed by atoms with Gasteiger partial charge in [-0.15, -0.1) is 0 Å². The van der Waals surface area contributed by atoms with Crippen molar-refractivity contribution in [3.8, 4) is 0 Å². The van der Waals surface area contributed by atoms with Crippen LogP contribution in [0.2, 0.25) is 0 Å². The Kier molecular flexibility index (Phi) is 3.68. The number of carbonyl (C=O) groups is 1. The van der Waals surface area contributed by atoms with Gasteiger partial charge in [0.05, 0.1) is 18.9 Å². The number of carbonyl (C=O) groups excluding carboxylic acids is 1. The van der Waals surface area contributed by atoms with Crippen LogP contribution >= 0.6 is 0 Å². The zero-order valence-electron chi connectivity index (χ0n) is 10.2. The summed E-state index contributed by atoms with van der Waals surface area (Å²) in [6, 6.07) is 1.88. The number of aryl methyl sites for hydroxylation is 1. The normalized spacial score (nSPS) is 15.8. The van der Waals surface area contributed by atoms with Crippen molar-refractivity contribution in [1.82, 2.24) is 14.9 Å². The molecule has 5 nitrogen and oxygen atoms in total. The fraction of sp³-hybridized carbons (Fsp3) is 0.583. The van der Waals surface area contributed by atoms with Gasteiger partial charge in [-0.1, -0.05) is 0 Å². The van der Waals surface area contributed by atoms with Gasteiger partial charge in [0.1, 0.15) is 5.82 Å². The molecule has 1 saturated heterocycles. The van der Waals surface area contributed by atoms with Gasteiger partial charge in [0.25, 0.3) is 0 Å². The molecule has 1 amide bonds. The topological polar surface area (TPSA) is 55.3 Å². The number of hydrogen-bond donors (Lipinski definition) is 0. The van der Waals surface area contributed by atoms with Crippen molar-refractivity contribution in [2.24, 2.45) is 0 Å². The number of ether oxygens (including phenoxy) is 1. The van der Waals surface area contributed by atoms with E-state index in [0.717, 1.165) is 24.6 Å². The molecule has 5 heteroatoms. The van der Waals surface area contributed by atoms with Gasteiger partial charge in [-0.3, -0.25) is 4.79 Å². The summed E-state index contributed by atoms with van der Waals surface area (Å²) in [5.41, 5.74) is 0.971. The van der Waals surface area contributed by atoms with Gasteiger partial charge >= 0.3 is 0 Å². The third-order valence-electron chi connectivity index (χ3n) is 2.93. The van der Waals surface area contributed by atoms with E-state index in [1.165, 1.54) is 0 Å². The summed E-state index contributed by atoms with van der Waals surface area (Å²) < 4.78 is 4.89. The molecule has 0 saturated carbocycles. The summed E-state index contributed by atoms with van der Waals surface area (Å²) in [6.45, 7) is 3.89. The van der Waals surface area contributed by atoms with Crippen LogP contribution in [0, 0.1) is 6.92 Å². The van der Waals surface area contributed by atoms with Crippen LogP contribution in [0.25, 0.3) is 0 Å². The summed E-state index contributed by atoms with van der Waals surface area (Å²) in [7, 11) is 1.60. The number of rotatable bonds is 4. The number of aromatic nitrogens is 2. The van der Waals surface area contributed by atoms with Crippen LogP contribution in [0.15, 0.2) is 12.3 Å². The Hall–Kier alpha value is -1.49. The second kappa shape index (κ2) is 5.23. The second-order valence-electron chi connectivity index (χ2n) is 4.29. The summed E-state index contributed by atoms with van der Waals surface area (Å²) in [6.07, 6.45) is 2.23. The van der Waals surface area contributed by atoms with Gasteiger partial charge in [0.15, 0.2) is 0 Å². The molecule has 0 spiro atoms. The van der Waals surface area contributed by atoms with Gasteiger partial charge in [-0.05, 0) is 13.0 Å². The number of likely N-dealkylation sites (tertiary alicyclic amines) is 1. The fourth-order valence-electron chi connectivity index (χ4n) is 1.86. The van der Waals surface area contributed by atoms with Crippen LogP contribution in [0.5, 0.6) is 0 Å². The maximum absolute atomic E-state index is 11.6. The van der Waals surface area contributed by atoms with Crippen molar-refractivity contribution < 1.29 is 9.53 Å². The first-order chi connectivity index (χ1) is 8.20. The molecule has 1 aliphatic heterocycles. The highest BCUT2D eigenvalue weighted by molar-refractivity contribution is 5.77. The van der Waals surface area contributed by atoms with Crippen molar-refractivity contribution in [3.05, 3.63) is 23.8 Å². The minimum absolute atomic E-state index is 0.149. The van der Waals surface area contributed by atoms with Crippen molar-refractivity contribution in [2.75, 3.05) is 26.8 Å². The summed E-state index contributed by atoms with van der Waals surface area (Å²) in [5, 5.41) is 0. The fourth-order valence-corrected chi connectivity index (χ4v) is 1.86. The van der Waals surface area contributed by atoms with Crippen molar-refractivity contribution in [3.63, 3.8) is 0 Å². The lowest BCUT2D eigenvalue weighted by atomic mass is 9.98. The molecule has 1 aromatic heterocycles. The Morgan fingerprint density at radius 3 is 3.00 bits per heavy atom. The Morgan fingerprint density at radius 1 is 1.59 bits per heavy atom. The molecule has 17 heavy (non-hydrogen) atoms. The maximum Gasteiger partial charge on any atom is 0.224 e. The van der Waals surface area contributed by atoms with Gasteiger partial charge < -0.3 is 9.64 Å². The first kappa shape index (κ1) is 12.0. The largest absolute Gasteiger partial charge is 0.384 e. The van der Waals surface area contributed by atoms with E-state index in [9.17, 15) is 4.79 Å². The molecule has 0 aromatic carbocycles. The summed E-state index contributed by atoms with van der Waals surface area (Å²) >= 11 is 0. The van der Waals surface area contributed by atoms with Gasteiger partial charge in [0, 0.05) is 32.1 Å². The van der Waals surface area contributed by atoms with E-state index in [4.69, 9.17) is 4.74 Å². The Balaban J connectivity index is 1.84. The standard InChI is InChI=1S/C12H17N3O2/c1-9-3-5-13-12(14-9)10-7-15(8-10)11(16)4-6-17-2/h3,5,10H,4,6-8H2,1-2H3. The van der Waals surface area contributed by atoms with Gasteiger partial charge in [0.2, 0.25) is 5.91 Å². The van der Waals surface area contributed by atoms with E-state index in [0.29, 0.717) is 18.9 Å². The zero-order chi connectivity index (χ0) is 12.3. The van der Waals surface area contributed by atoms with Crippen LogP contribution in [0.3, 0.4) is 0 Å². The molecule has 0 atom stereocenters. The molecule has 2 rings (SSSR count). The van der Waals surface area contributed by atoms with Crippen LogP contribution in [0.4, 0.5) is 0 Å². The van der Waals surface area contributed by atoms with E-state index in [-0.39, 0.29) is 5.91 Å². The van der Waals surface area contributed by atoms with Crippen LogP contribution in [0.1, 0.15) is 23.9 Å². The lowest BCUT2D eigenvalue weighted by Crippen LogP contribution is -2.49. The minimum atomic E-state index is 0.149. The molecule has 0 radical (unpaired) electrons. The third kappa shape index (κ3) is 2.79. The number of amides is 1. The van der Waals surface area contributed by atoms with Crippen molar-refractivity contribution in [2.45, 2.75) is 19.3 Å². The number of methoxy groups -OCH3 is 1. The molecule has 0 bridgehead atoms. The monoisotopic (exact) mass is 235 g/mol. The highest BCUT2D eigenvalue weighted by Crippen LogP contribution is 2.24. The van der Waals surface area contributed by atoms with Crippen molar-refractivity contribution in [1.29, 1.82) is 0 Å². The van der Waals surface area contributed by atoms with E-state index >= 15 is 0 Å². The van der Waals surface area contributed by atoms with E-state index in [2.05, 4.69) is 9.97 Å². The third-order valence-corrected chi connectivity index (χ3v) is 2.93. The predicted molar refractivity (Wildman–Crippen MR) is 62.6 cm³/mol. The zero-order valence-corrected chi connectivity index (χ0v) is 10.2. The first-order valence-corrected chi connectivity index (χ1v) is 5.77. The number of nitrogens with zero attached hydrogens (tertiary/aromatic N) is 3. The molecule has 0 aliphatic carbocycles. The van der Waals surface area contributed by atoms with E-state index in [1.54, 1.807) is 13.3 Å². The van der Waals surface area contributed by atoms with Gasteiger partial charge in [-0.25, -0.2) is 9.97 Å². The molecule has 92 valence electrons. The molecular formula is C12H17N3O2. The van der Waals surface area contributed by atoms with Crippen molar-refractivity contribution >= 4 is 5.91 Å². The Labute approximate surface area is 101 Å². The minimum Gasteiger partial charge on any atom is -0.384 e. The predicted octanol–water partition coefficient (Wildman–Crippen LogP) is 0.747. The summed E-state index contributed by atoms with van der Waals surface area (Å²) in [4.78, 5) is 22.1. The first-order valence-electron chi connectivity index (χ1n) is 5.77. The van der Waals surface area contributed by atoms with Crippen LogP contribution < -0.4 is 0 Å². The molecule has 0 N–H and O–H groups in total. The van der Waals surface area contributed by atoms with E-state index in [1.807, 2.05) is 17.9 Å². The Morgan fingerprint density at radius 2 is 2.35 bits per heavy atom. The number of hydrogen-bond acceptors (Lipinski definition) is 4. The maximum atomic E-state index is 11.6. The van der Waals surface area contributed by atoms with Crippen LogP contribution in [-0.4, -0.2) is 47.6 Å². The molecule has 1 aromatic rings. The summed E-state index contributed by atoms with van der Waals surface area (Å²) in [5.74, 6) is 1.29. The highest BCUT2D eigenvalue weighted by atomic mass is 16.5. The highest BCUT2D eigenvalue weighted by Gasteiger charge is 2.33.